The van der Waals surface area contributed by atoms with Gasteiger partial charge in [0.05, 0.1) is 5.56 Å². The standard InChI is InChI=1S/C11H11F6N3O/c1-4-6(18)19-7(5-2-3-5)20-8(4)21-9(10(12,13)14)11(15,16)17/h5,9H,2-3H2,1H3,(H2,18,19,20). The third-order valence-corrected chi connectivity index (χ3v) is 2.92. The molecule has 0 radical (unpaired) electrons. The Morgan fingerprint density at radius 1 is 1.10 bits per heavy atom. The zero-order chi connectivity index (χ0) is 16.0. The van der Waals surface area contributed by atoms with Crippen LogP contribution in [0.2, 0.25) is 0 Å². The molecule has 1 aromatic heterocycles. The summed E-state index contributed by atoms with van der Waals surface area (Å²) in [5, 5.41) is 0. The Morgan fingerprint density at radius 2 is 1.62 bits per heavy atom. The Balaban J connectivity index is 2.36. The minimum Gasteiger partial charge on any atom is -0.454 e. The highest BCUT2D eigenvalue weighted by atomic mass is 19.4. The minimum atomic E-state index is -5.61. The lowest BCUT2D eigenvalue weighted by Crippen LogP contribution is -2.46. The molecule has 1 heterocycles. The van der Waals surface area contributed by atoms with Gasteiger partial charge in [0, 0.05) is 5.92 Å². The van der Waals surface area contributed by atoms with Gasteiger partial charge in [0.1, 0.15) is 11.6 Å². The summed E-state index contributed by atoms with van der Waals surface area (Å²) < 4.78 is 79.0. The number of anilines is 1. The van der Waals surface area contributed by atoms with E-state index in [2.05, 4.69) is 14.7 Å². The van der Waals surface area contributed by atoms with Crippen molar-refractivity contribution in [3.8, 4) is 5.88 Å². The van der Waals surface area contributed by atoms with E-state index in [0.29, 0.717) is 12.8 Å². The molecule has 1 fully saturated rings. The smallest absolute Gasteiger partial charge is 0.434 e. The van der Waals surface area contributed by atoms with Gasteiger partial charge in [-0.25, -0.2) is 4.98 Å². The average Bonchev–Trinajstić information content (AvgIpc) is 3.11. The quantitative estimate of drug-likeness (QED) is 0.871. The number of halogens is 6. The highest BCUT2D eigenvalue weighted by molar-refractivity contribution is 5.45. The summed E-state index contributed by atoms with van der Waals surface area (Å²) in [6, 6.07) is 0. The van der Waals surface area contributed by atoms with E-state index in [1.54, 1.807) is 0 Å². The fourth-order valence-electron chi connectivity index (χ4n) is 1.60. The molecule has 1 aromatic rings. The van der Waals surface area contributed by atoms with E-state index < -0.39 is 24.3 Å². The predicted octanol–water partition coefficient (Wildman–Crippen LogP) is 3.12. The van der Waals surface area contributed by atoms with Crippen molar-refractivity contribution < 1.29 is 31.1 Å². The van der Waals surface area contributed by atoms with Gasteiger partial charge in [-0.15, -0.1) is 0 Å². The summed E-state index contributed by atoms with van der Waals surface area (Å²) in [7, 11) is 0. The molecule has 0 amide bonds. The fourth-order valence-corrected chi connectivity index (χ4v) is 1.60. The van der Waals surface area contributed by atoms with Crippen LogP contribution in [0.1, 0.15) is 30.1 Å². The Kier molecular flexibility index (Phi) is 3.66. The van der Waals surface area contributed by atoms with E-state index in [4.69, 9.17) is 5.73 Å². The van der Waals surface area contributed by atoms with Gasteiger partial charge in [-0.3, -0.25) is 0 Å². The number of nitrogens with two attached hydrogens (primary N) is 1. The Morgan fingerprint density at radius 3 is 2.05 bits per heavy atom. The van der Waals surface area contributed by atoms with Gasteiger partial charge in [0.25, 0.3) is 6.10 Å². The van der Waals surface area contributed by atoms with Gasteiger partial charge < -0.3 is 10.5 Å². The first kappa shape index (κ1) is 15.6. The van der Waals surface area contributed by atoms with Crippen molar-refractivity contribution in [3.63, 3.8) is 0 Å². The van der Waals surface area contributed by atoms with E-state index in [1.807, 2.05) is 0 Å². The summed E-state index contributed by atoms with van der Waals surface area (Å²) in [4.78, 5) is 7.50. The minimum absolute atomic E-state index is 0.0922. The van der Waals surface area contributed by atoms with Crippen molar-refractivity contribution >= 4 is 5.82 Å². The zero-order valence-corrected chi connectivity index (χ0v) is 10.7. The predicted molar refractivity (Wildman–Crippen MR) is 59.7 cm³/mol. The number of nitrogens with zero attached hydrogens (tertiary/aromatic N) is 2. The molecule has 10 heteroatoms. The summed E-state index contributed by atoms with van der Waals surface area (Å²) in [5.41, 5.74) is 5.33. The molecule has 118 valence electrons. The van der Waals surface area contributed by atoms with Crippen LogP contribution in [0.5, 0.6) is 5.88 Å². The van der Waals surface area contributed by atoms with E-state index in [0.717, 1.165) is 0 Å². The van der Waals surface area contributed by atoms with Crippen LogP contribution in [0.3, 0.4) is 0 Å². The van der Waals surface area contributed by atoms with Gasteiger partial charge in [-0.1, -0.05) is 0 Å². The van der Waals surface area contributed by atoms with Crippen molar-refractivity contribution in [1.82, 2.24) is 9.97 Å². The second-order valence-corrected chi connectivity index (χ2v) is 4.75. The van der Waals surface area contributed by atoms with Crippen LogP contribution in [0, 0.1) is 6.92 Å². The average molecular weight is 315 g/mol. The Hall–Kier alpha value is -1.74. The lowest BCUT2D eigenvalue weighted by Gasteiger charge is -2.24. The zero-order valence-electron chi connectivity index (χ0n) is 10.7. The van der Waals surface area contributed by atoms with Crippen LogP contribution in [0.4, 0.5) is 32.2 Å². The van der Waals surface area contributed by atoms with Crippen molar-refractivity contribution in [2.45, 2.75) is 44.1 Å². The first-order valence-corrected chi connectivity index (χ1v) is 5.94. The maximum atomic E-state index is 12.5. The summed E-state index contributed by atoms with van der Waals surface area (Å²) in [5.74, 6) is -0.962. The van der Waals surface area contributed by atoms with Crippen molar-refractivity contribution in [1.29, 1.82) is 0 Å². The number of hydrogen-bond acceptors (Lipinski definition) is 4. The lowest BCUT2D eigenvalue weighted by atomic mass is 10.3. The SMILES string of the molecule is Cc1c(N)nc(C2CC2)nc1OC(C(F)(F)F)C(F)(F)F. The molecule has 0 spiro atoms. The van der Waals surface area contributed by atoms with Gasteiger partial charge >= 0.3 is 12.4 Å². The summed E-state index contributed by atoms with van der Waals surface area (Å²) >= 11 is 0. The third-order valence-electron chi connectivity index (χ3n) is 2.92. The number of hydrogen-bond donors (Lipinski definition) is 1. The van der Waals surface area contributed by atoms with E-state index in [1.165, 1.54) is 6.92 Å². The summed E-state index contributed by atoms with van der Waals surface area (Å²) in [6.07, 6.45) is -13.7. The molecule has 1 aliphatic carbocycles. The second kappa shape index (κ2) is 4.92. The Labute approximate surface area is 115 Å². The van der Waals surface area contributed by atoms with Crippen LogP contribution in [-0.2, 0) is 0 Å². The summed E-state index contributed by atoms with van der Waals surface area (Å²) in [6.45, 7) is 1.20. The van der Waals surface area contributed by atoms with Crippen molar-refractivity contribution in [3.05, 3.63) is 11.4 Å². The van der Waals surface area contributed by atoms with Crippen LogP contribution in [-0.4, -0.2) is 28.4 Å². The molecule has 0 aromatic carbocycles. The molecule has 0 atom stereocenters. The topological polar surface area (TPSA) is 61.0 Å². The second-order valence-electron chi connectivity index (χ2n) is 4.75. The molecular weight excluding hydrogens is 304 g/mol. The van der Waals surface area contributed by atoms with Crippen molar-refractivity contribution in [2.24, 2.45) is 0 Å². The van der Waals surface area contributed by atoms with Crippen LogP contribution < -0.4 is 10.5 Å². The van der Waals surface area contributed by atoms with Crippen LogP contribution in [0.25, 0.3) is 0 Å². The molecule has 4 nitrogen and oxygen atoms in total. The van der Waals surface area contributed by atoms with Gasteiger partial charge in [-0.2, -0.15) is 31.3 Å². The molecule has 1 aliphatic rings. The van der Waals surface area contributed by atoms with Gasteiger partial charge in [0.15, 0.2) is 0 Å². The molecule has 0 aliphatic heterocycles. The molecule has 21 heavy (non-hydrogen) atoms. The molecule has 0 unspecified atom stereocenters. The highest BCUT2D eigenvalue weighted by Crippen LogP contribution is 2.41. The van der Waals surface area contributed by atoms with Crippen molar-refractivity contribution in [2.75, 3.05) is 5.73 Å². The molecular formula is C11H11F6N3O. The first-order chi connectivity index (χ1) is 9.50. The number of nitrogen functional groups attached to an aromatic ring is 1. The van der Waals surface area contributed by atoms with Crippen LogP contribution >= 0.6 is 0 Å². The van der Waals surface area contributed by atoms with E-state index in [-0.39, 0.29) is 23.1 Å². The number of rotatable bonds is 3. The number of ether oxygens (including phenoxy) is 1. The Bertz CT molecular complexity index is 524. The molecule has 2 rings (SSSR count). The van der Waals surface area contributed by atoms with Crippen LogP contribution in [0.15, 0.2) is 0 Å². The first-order valence-electron chi connectivity index (χ1n) is 5.94. The molecule has 1 saturated carbocycles. The largest absolute Gasteiger partial charge is 0.454 e. The number of aromatic nitrogens is 2. The van der Waals surface area contributed by atoms with E-state index in [9.17, 15) is 26.3 Å². The van der Waals surface area contributed by atoms with Gasteiger partial charge in [-0.05, 0) is 19.8 Å². The monoisotopic (exact) mass is 315 g/mol. The van der Waals surface area contributed by atoms with E-state index >= 15 is 0 Å². The molecule has 2 N–H and O–H groups in total. The third kappa shape index (κ3) is 3.48. The lowest BCUT2D eigenvalue weighted by molar-refractivity contribution is -0.300. The molecule has 0 saturated heterocycles. The normalized spacial score (nSPS) is 16.4. The maximum absolute atomic E-state index is 12.5. The van der Waals surface area contributed by atoms with Gasteiger partial charge in [0.2, 0.25) is 5.88 Å². The fraction of sp³-hybridized carbons (Fsp3) is 0.636. The maximum Gasteiger partial charge on any atom is 0.434 e. The highest BCUT2D eigenvalue weighted by Gasteiger charge is 2.59. The number of alkyl halides is 6. The molecule has 0 bridgehead atoms.